The van der Waals surface area contributed by atoms with Crippen molar-refractivity contribution in [3.63, 3.8) is 0 Å². The van der Waals surface area contributed by atoms with E-state index in [2.05, 4.69) is 15.3 Å². The molecule has 0 aliphatic carbocycles. The van der Waals surface area contributed by atoms with E-state index in [1.54, 1.807) is 30.4 Å². The summed E-state index contributed by atoms with van der Waals surface area (Å²) in [4.78, 5) is 15.1. The van der Waals surface area contributed by atoms with Crippen LogP contribution in [0, 0.1) is 17.5 Å². The van der Waals surface area contributed by atoms with Crippen LogP contribution in [0.3, 0.4) is 0 Å². The lowest BCUT2D eigenvalue weighted by Crippen LogP contribution is -2.38. The molecule has 3 heterocycles. The molecule has 6 nitrogen and oxygen atoms in total. The highest BCUT2D eigenvalue weighted by molar-refractivity contribution is 5.96. The second-order valence-electron chi connectivity index (χ2n) is 8.08. The summed E-state index contributed by atoms with van der Waals surface area (Å²) in [6.07, 6.45) is 3.91. The fourth-order valence-corrected chi connectivity index (χ4v) is 4.48. The molecule has 168 valence electrons. The first-order valence-corrected chi connectivity index (χ1v) is 10.5. The van der Waals surface area contributed by atoms with Gasteiger partial charge >= 0.3 is 0 Å². The summed E-state index contributed by atoms with van der Waals surface area (Å²) >= 11 is 0. The number of halogens is 3. The molecule has 1 N–H and O–H groups in total. The molecule has 0 saturated carbocycles. The molecule has 4 aromatic rings. The van der Waals surface area contributed by atoms with Gasteiger partial charge in [-0.1, -0.05) is 12.1 Å². The molecule has 2 aromatic carbocycles. The Morgan fingerprint density at radius 2 is 1.85 bits per heavy atom. The van der Waals surface area contributed by atoms with E-state index < -0.39 is 17.5 Å². The smallest absolute Gasteiger partial charge is 0.254 e. The van der Waals surface area contributed by atoms with Crippen LogP contribution in [0.25, 0.3) is 22.4 Å². The second-order valence-corrected chi connectivity index (χ2v) is 8.08. The molecular formula is C24H20F3N5O. The number of aryl methyl sites for hydroxylation is 1. The SMILES string of the molecule is C[C@H]1c2nn(C)c(-c3cc(F)c(F)c(F)c3)c2CCN1C(=O)c1cccc(-c2cn[nH]c2)c1. The number of rotatable bonds is 3. The number of fused-ring (bicyclic) bond motifs is 1. The minimum Gasteiger partial charge on any atom is -0.330 e. The fraction of sp³-hybridized carbons (Fsp3) is 0.208. The molecule has 1 amide bonds. The zero-order chi connectivity index (χ0) is 23.3. The Balaban J connectivity index is 1.48. The summed E-state index contributed by atoms with van der Waals surface area (Å²) in [5, 5.41) is 11.3. The van der Waals surface area contributed by atoms with Gasteiger partial charge in [-0.2, -0.15) is 10.2 Å². The van der Waals surface area contributed by atoms with Gasteiger partial charge in [-0.3, -0.25) is 14.6 Å². The predicted molar refractivity (Wildman–Crippen MR) is 116 cm³/mol. The molecule has 2 aromatic heterocycles. The van der Waals surface area contributed by atoms with Crippen LogP contribution >= 0.6 is 0 Å². The number of aromatic nitrogens is 4. The van der Waals surface area contributed by atoms with E-state index in [1.807, 2.05) is 25.1 Å². The van der Waals surface area contributed by atoms with Gasteiger partial charge in [-0.25, -0.2) is 13.2 Å². The Kier molecular flexibility index (Phi) is 5.03. The molecule has 33 heavy (non-hydrogen) atoms. The first kappa shape index (κ1) is 21.0. The molecular weight excluding hydrogens is 431 g/mol. The van der Waals surface area contributed by atoms with Crippen molar-refractivity contribution in [2.75, 3.05) is 6.54 Å². The summed E-state index contributed by atoms with van der Waals surface area (Å²) in [6, 6.07) is 8.91. The maximum atomic E-state index is 13.9. The highest BCUT2D eigenvalue weighted by Gasteiger charge is 2.33. The zero-order valence-corrected chi connectivity index (χ0v) is 17.9. The van der Waals surface area contributed by atoms with Gasteiger partial charge < -0.3 is 4.90 Å². The van der Waals surface area contributed by atoms with Crippen LogP contribution in [-0.2, 0) is 13.5 Å². The van der Waals surface area contributed by atoms with Gasteiger partial charge in [0.15, 0.2) is 17.5 Å². The standard InChI is InChI=1S/C24H20F3N5O/c1-13-22-18(23(31(2)30-22)16-9-19(25)21(27)20(26)10-16)6-7-32(13)24(33)15-5-3-4-14(8-15)17-11-28-29-12-17/h3-5,8-13H,6-7H2,1-2H3,(H,28,29)/t13-/m0/s1. The van der Waals surface area contributed by atoms with Crippen molar-refractivity contribution >= 4 is 5.91 Å². The number of nitrogens with zero attached hydrogens (tertiary/aromatic N) is 4. The topological polar surface area (TPSA) is 66.8 Å². The van der Waals surface area contributed by atoms with Crippen LogP contribution in [0.2, 0.25) is 0 Å². The van der Waals surface area contributed by atoms with Crippen molar-refractivity contribution in [1.82, 2.24) is 24.9 Å². The third-order valence-electron chi connectivity index (χ3n) is 6.10. The minimum absolute atomic E-state index is 0.135. The van der Waals surface area contributed by atoms with E-state index >= 15 is 0 Å². The molecule has 0 bridgehead atoms. The molecule has 0 spiro atoms. The van der Waals surface area contributed by atoms with E-state index in [-0.39, 0.29) is 17.5 Å². The van der Waals surface area contributed by atoms with E-state index in [4.69, 9.17) is 0 Å². The van der Waals surface area contributed by atoms with Crippen molar-refractivity contribution in [3.8, 4) is 22.4 Å². The van der Waals surface area contributed by atoms with Crippen molar-refractivity contribution in [3.05, 3.63) is 83.1 Å². The Labute approximate surface area is 187 Å². The maximum absolute atomic E-state index is 13.9. The Morgan fingerprint density at radius 3 is 2.55 bits per heavy atom. The molecule has 1 atom stereocenters. The van der Waals surface area contributed by atoms with Crippen LogP contribution in [-0.4, -0.2) is 37.3 Å². The number of hydrogen-bond donors (Lipinski definition) is 1. The number of H-pyrrole nitrogens is 1. The van der Waals surface area contributed by atoms with Crippen molar-refractivity contribution in [1.29, 1.82) is 0 Å². The number of hydrogen-bond acceptors (Lipinski definition) is 3. The summed E-state index contributed by atoms with van der Waals surface area (Å²) in [6.45, 7) is 2.28. The highest BCUT2D eigenvalue weighted by Crippen LogP contribution is 2.37. The number of benzene rings is 2. The number of nitrogens with one attached hydrogen (secondary N) is 1. The van der Waals surface area contributed by atoms with Crippen LogP contribution in [0.4, 0.5) is 13.2 Å². The van der Waals surface area contributed by atoms with Crippen LogP contribution in [0.5, 0.6) is 0 Å². The average Bonchev–Trinajstić information content (AvgIpc) is 3.45. The highest BCUT2D eigenvalue weighted by atomic mass is 19.2. The molecule has 0 radical (unpaired) electrons. The molecule has 0 fully saturated rings. The molecule has 1 aliphatic heterocycles. The number of carbonyl (C=O) groups excluding carboxylic acids is 1. The summed E-state index contributed by atoms with van der Waals surface area (Å²) in [5.41, 5.74) is 4.48. The zero-order valence-electron chi connectivity index (χ0n) is 17.9. The Hall–Kier alpha value is -3.88. The van der Waals surface area contributed by atoms with Gasteiger partial charge in [0, 0.05) is 42.0 Å². The van der Waals surface area contributed by atoms with Crippen molar-refractivity contribution in [2.24, 2.45) is 7.05 Å². The van der Waals surface area contributed by atoms with Gasteiger partial charge in [0.2, 0.25) is 0 Å². The van der Waals surface area contributed by atoms with Crippen molar-refractivity contribution in [2.45, 2.75) is 19.4 Å². The van der Waals surface area contributed by atoms with E-state index in [0.717, 1.165) is 28.8 Å². The first-order valence-electron chi connectivity index (χ1n) is 10.5. The third kappa shape index (κ3) is 3.49. The summed E-state index contributed by atoms with van der Waals surface area (Å²) in [5.74, 6) is -4.14. The largest absolute Gasteiger partial charge is 0.330 e. The normalized spacial score (nSPS) is 15.5. The van der Waals surface area contributed by atoms with E-state index in [1.165, 1.54) is 4.68 Å². The second kappa shape index (κ2) is 7.91. The molecule has 9 heteroatoms. The molecule has 0 saturated heterocycles. The molecule has 1 aliphatic rings. The first-order chi connectivity index (χ1) is 15.8. The predicted octanol–water partition coefficient (Wildman–Crippen LogP) is 4.65. The lowest BCUT2D eigenvalue weighted by atomic mass is 9.94. The quantitative estimate of drug-likeness (QED) is 0.461. The van der Waals surface area contributed by atoms with Gasteiger partial charge in [-0.05, 0) is 43.2 Å². The maximum Gasteiger partial charge on any atom is 0.254 e. The molecule has 0 unspecified atom stereocenters. The van der Waals surface area contributed by atoms with Crippen LogP contribution in [0.1, 0.15) is 34.6 Å². The molecule has 5 rings (SSSR count). The third-order valence-corrected chi connectivity index (χ3v) is 6.10. The Morgan fingerprint density at radius 1 is 1.09 bits per heavy atom. The fourth-order valence-electron chi connectivity index (χ4n) is 4.48. The lowest BCUT2D eigenvalue weighted by molar-refractivity contribution is 0.0673. The van der Waals surface area contributed by atoms with Crippen LogP contribution in [0.15, 0.2) is 48.8 Å². The monoisotopic (exact) mass is 451 g/mol. The number of carbonyl (C=O) groups is 1. The summed E-state index contributed by atoms with van der Waals surface area (Å²) < 4.78 is 42.7. The van der Waals surface area contributed by atoms with Gasteiger partial charge in [-0.15, -0.1) is 0 Å². The Bertz CT molecular complexity index is 1340. The van der Waals surface area contributed by atoms with E-state index in [0.29, 0.717) is 29.9 Å². The van der Waals surface area contributed by atoms with Gasteiger partial charge in [0.25, 0.3) is 5.91 Å². The van der Waals surface area contributed by atoms with Crippen LogP contribution < -0.4 is 0 Å². The number of amides is 1. The number of aromatic amines is 1. The summed E-state index contributed by atoms with van der Waals surface area (Å²) in [7, 11) is 1.67. The average molecular weight is 451 g/mol. The van der Waals surface area contributed by atoms with Gasteiger partial charge in [0.05, 0.1) is 23.6 Å². The van der Waals surface area contributed by atoms with Crippen molar-refractivity contribution < 1.29 is 18.0 Å². The lowest BCUT2D eigenvalue weighted by Gasteiger charge is -2.33. The van der Waals surface area contributed by atoms with E-state index in [9.17, 15) is 18.0 Å². The van der Waals surface area contributed by atoms with Gasteiger partial charge in [0.1, 0.15) is 0 Å². The minimum atomic E-state index is -1.50.